The Morgan fingerprint density at radius 1 is 1.16 bits per heavy atom. The number of aryl methyl sites for hydroxylation is 2. The molecule has 1 amide bonds. The van der Waals surface area contributed by atoms with Crippen LogP contribution in [-0.4, -0.2) is 52.5 Å². The van der Waals surface area contributed by atoms with Crippen molar-refractivity contribution in [2.24, 2.45) is 0 Å². The van der Waals surface area contributed by atoms with E-state index in [0.717, 1.165) is 30.3 Å². The molecular formula is C19H23N5O. The van der Waals surface area contributed by atoms with Crippen LogP contribution in [0.3, 0.4) is 0 Å². The number of hydrogen-bond donors (Lipinski definition) is 1. The topological polar surface area (TPSA) is 61.4 Å². The minimum atomic E-state index is 0.0601. The highest BCUT2D eigenvalue weighted by atomic mass is 16.2. The second-order valence-corrected chi connectivity index (χ2v) is 7.05. The molecule has 2 unspecified atom stereocenters. The van der Waals surface area contributed by atoms with Crippen molar-refractivity contribution in [1.29, 1.82) is 0 Å². The molecule has 3 aliphatic rings. The predicted molar refractivity (Wildman–Crippen MR) is 97.7 cm³/mol. The summed E-state index contributed by atoms with van der Waals surface area (Å²) in [7, 11) is 0. The first kappa shape index (κ1) is 16.0. The summed E-state index contributed by atoms with van der Waals surface area (Å²) >= 11 is 0. The maximum atomic E-state index is 12.3. The summed E-state index contributed by atoms with van der Waals surface area (Å²) in [4.78, 5) is 25.5. The number of anilines is 2. The van der Waals surface area contributed by atoms with Gasteiger partial charge in [0.1, 0.15) is 12.1 Å². The number of benzene rings is 1. The molecule has 130 valence electrons. The lowest BCUT2D eigenvalue weighted by molar-refractivity contribution is -0.121. The molecule has 2 atom stereocenters. The fraction of sp³-hybridized carbons (Fsp3) is 0.421. The molecule has 0 saturated carbocycles. The number of fused-ring (bicyclic) bond motifs is 2. The number of nitrogens with zero attached hydrogens (tertiary/aromatic N) is 4. The van der Waals surface area contributed by atoms with Crippen LogP contribution in [0.4, 0.5) is 11.5 Å². The van der Waals surface area contributed by atoms with Gasteiger partial charge in [-0.25, -0.2) is 9.97 Å². The zero-order valence-electron chi connectivity index (χ0n) is 14.6. The van der Waals surface area contributed by atoms with Gasteiger partial charge in [0.25, 0.3) is 0 Å². The molecule has 0 radical (unpaired) electrons. The first-order chi connectivity index (χ1) is 12.1. The number of rotatable bonds is 4. The maximum absolute atomic E-state index is 12.3. The van der Waals surface area contributed by atoms with E-state index in [1.165, 1.54) is 12.0 Å². The maximum Gasteiger partial charge on any atom is 0.238 e. The van der Waals surface area contributed by atoms with Crippen molar-refractivity contribution in [2.45, 2.75) is 32.4 Å². The molecule has 3 fully saturated rings. The van der Waals surface area contributed by atoms with Crippen LogP contribution >= 0.6 is 0 Å². The number of piperidine rings is 1. The highest BCUT2D eigenvalue weighted by Gasteiger charge is 2.45. The molecule has 6 nitrogen and oxygen atoms in total. The Balaban J connectivity index is 1.34. The van der Waals surface area contributed by atoms with Gasteiger partial charge in [-0.1, -0.05) is 17.7 Å². The SMILES string of the molecule is Cc1ccc(NC(=O)CN2C3CC2CN(c2cc(C)ncn2)C3)cc1. The third-order valence-corrected chi connectivity index (χ3v) is 5.12. The molecule has 25 heavy (non-hydrogen) atoms. The summed E-state index contributed by atoms with van der Waals surface area (Å²) in [5, 5.41) is 2.99. The van der Waals surface area contributed by atoms with Crippen molar-refractivity contribution in [2.75, 3.05) is 29.9 Å². The van der Waals surface area contributed by atoms with Gasteiger partial charge in [-0.15, -0.1) is 0 Å². The lowest BCUT2D eigenvalue weighted by Crippen LogP contribution is -2.69. The van der Waals surface area contributed by atoms with Gasteiger partial charge in [-0.3, -0.25) is 9.69 Å². The molecule has 4 heterocycles. The van der Waals surface area contributed by atoms with Crippen LogP contribution in [-0.2, 0) is 4.79 Å². The van der Waals surface area contributed by atoms with Gasteiger partial charge in [0.05, 0.1) is 6.54 Å². The van der Waals surface area contributed by atoms with E-state index in [9.17, 15) is 4.79 Å². The Morgan fingerprint density at radius 3 is 2.56 bits per heavy atom. The Kier molecular flexibility index (Phi) is 4.13. The van der Waals surface area contributed by atoms with Crippen LogP contribution in [0.25, 0.3) is 0 Å². The molecule has 5 rings (SSSR count). The second-order valence-electron chi connectivity index (χ2n) is 7.05. The number of carbonyl (C=O) groups is 1. The average Bonchev–Trinajstić information content (AvgIpc) is 2.62. The quantitative estimate of drug-likeness (QED) is 0.924. The predicted octanol–water partition coefficient (Wildman–Crippen LogP) is 2.00. The number of hydrogen-bond acceptors (Lipinski definition) is 5. The van der Waals surface area contributed by atoms with E-state index >= 15 is 0 Å². The van der Waals surface area contributed by atoms with Crippen molar-refractivity contribution < 1.29 is 4.79 Å². The third-order valence-electron chi connectivity index (χ3n) is 5.12. The minimum Gasteiger partial charge on any atom is -0.353 e. The van der Waals surface area contributed by atoms with Crippen molar-refractivity contribution in [3.8, 4) is 0 Å². The van der Waals surface area contributed by atoms with E-state index < -0.39 is 0 Å². The van der Waals surface area contributed by atoms with Crippen molar-refractivity contribution in [1.82, 2.24) is 14.9 Å². The summed E-state index contributed by atoms with van der Waals surface area (Å²) in [6.07, 6.45) is 2.79. The molecule has 6 heteroatoms. The van der Waals surface area contributed by atoms with E-state index in [2.05, 4.69) is 25.1 Å². The van der Waals surface area contributed by atoms with Gasteiger partial charge in [0.15, 0.2) is 0 Å². The monoisotopic (exact) mass is 337 g/mol. The summed E-state index contributed by atoms with van der Waals surface area (Å²) in [6, 6.07) is 10.8. The zero-order valence-corrected chi connectivity index (χ0v) is 14.6. The van der Waals surface area contributed by atoms with Gasteiger partial charge in [0.2, 0.25) is 5.91 Å². The normalized spacial score (nSPS) is 22.4. The molecule has 0 spiro atoms. The van der Waals surface area contributed by atoms with Gasteiger partial charge < -0.3 is 10.2 Å². The fourth-order valence-electron chi connectivity index (χ4n) is 3.75. The summed E-state index contributed by atoms with van der Waals surface area (Å²) in [5.41, 5.74) is 3.04. The van der Waals surface area contributed by atoms with Crippen LogP contribution in [0.5, 0.6) is 0 Å². The molecule has 3 aliphatic heterocycles. The standard InChI is InChI=1S/C19H23N5O/c1-13-3-5-15(6-4-13)22-19(25)11-24-16-8-17(24)10-23(9-16)18-7-14(2)20-12-21-18/h3-7,12,16-17H,8-11H2,1-2H3,(H,22,25). The lowest BCUT2D eigenvalue weighted by Gasteiger charge is -2.56. The van der Waals surface area contributed by atoms with Gasteiger partial charge in [0, 0.05) is 42.6 Å². The molecule has 2 bridgehead atoms. The van der Waals surface area contributed by atoms with Crippen molar-refractivity contribution in [3.63, 3.8) is 0 Å². The van der Waals surface area contributed by atoms with Crippen molar-refractivity contribution in [3.05, 3.63) is 47.9 Å². The zero-order chi connectivity index (χ0) is 17.4. The lowest BCUT2D eigenvalue weighted by atomic mass is 9.87. The highest BCUT2D eigenvalue weighted by molar-refractivity contribution is 5.92. The molecule has 1 aromatic heterocycles. The Bertz CT molecular complexity index is 764. The summed E-state index contributed by atoms with van der Waals surface area (Å²) in [6.45, 7) is 6.32. The highest BCUT2D eigenvalue weighted by Crippen LogP contribution is 2.33. The molecule has 1 aromatic carbocycles. The summed E-state index contributed by atoms with van der Waals surface area (Å²) < 4.78 is 0. The molecule has 3 saturated heterocycles. The van der Waals surface area contributed by atoms with Crippen LogP contribution in [0.1, 0.15) is 17.7 Å². The third kappa shape index (κ3) is 3.35. The molecular weight excluding hydrogens is 314 g/mol. The number of carbonyl (C=O) groups excluding carboxylic acids is 1. The van der Waals surface area contributed by atoms with E-state index in [0.29, 0.717) is 18.6 Å². The summed E-state index contributed by atoms with van der Waals surface area (Å²) in [5.74, 6) is 1.05. The number of aromatic nitrogens is 2. The first-order valence-corrected chi connectivity index (χ1v) is 8.74. The molecule has 1 N–H and O–H groups in total. The average molecular weight is 337 g/mol. The largest absolute Gasteiger partial charge is 0.353 e. The second kappa shape index (κ2) is 6.44. The Morgan fingerprint density at radius 2 is 1.88 bits per heavy atom. The number of piperazine rings is 1. The molecule has 2 aromatic rings. The van der Waals surface area contributed by atoms with Gasteiger partial charge >= 0.3 is 0 Å². The Hall–Kier alpha value is -2.47. The van der Waals surface area contributed by atoms with E-state index in [1.54, 1.807) is 6.33 Å². The smallest absolute Gasteiger partial charge is 0.238 e. The van der Waals surface area contributed by atoms with Crippen LogP contribution in [0.15, 0.2) is 36.7 Å². The van der Waals surface area contributed by atoms with E-state index in [4.69, 9.17) is 0 Å². The number of nitrogens with one attached hydrogen (secondary N) is 1. The van der Waals surface area contributed by atoms with Gasteiger partial charge in [-0.05, 0) is 32.4 Å². The first-order valence-electron chi connectivity index (χ1n) is 8.74. The van der Waals surface area contributed by atoms with E-state index in [1.807, 2.05) is 44.2 Å². The van der Waals surface area contributed by atoms with Crippen LogP contribution in [0, 0.1) is 13.8 Å². The fourth-order valence-corrected chi connectivity index (χ4v) is 3.75. The Labute approximate surface area is 147 Å². The van der Waals surface area contributed by atoms with Gasteiger partial charge in [-0.2, -0.15) is 0 Å². The van der Waals surface area contributed by atoms with Crippen LogP contribution < -0.4 is 10.2 Å². The number of amides is 1. The van der Waals surface area contributed by atoms with E-state index in [-0.39, 0.29) is 5.91 Å². The van der Waals surface area contributed by atoms with Crippen molar-refractivity contribution >= 4 is 17.4 Å². The molecule has 0 aliphatic carbocycles. The van der Waals surface area contributed by atoms with Crippen LogP contribution in [0.2, 0.25) is 0 Å². The minimum absolute atomic E-state index is 0.0601.